The topological polar surface area (TPSA) is 38.3 Å². The Hall–Kier alpha value is -2.29. The Labute approximate surface area is 137 Å². The first-order valence-electron chi connectivity index (χ1n) is 8.37. The van der Waals surface area contributed by atoms with Gasteiger partial charge in [0.05, 0.1) is 6.61 Å². The van der Waals surface area contributed by atoms with Gasteiger partial charge in [-0.15, -0.1) is 0 Å². The molecule has 1 N–H and O–H groups in total. The second kappa shape index (κ2) is 7.32. The number of unbranched alkanes of at least 4 members (excludes halogenated alkanes) is 1. The van der Waals surface area contributed by atoms with Gasteiger partial charge in [-0.1, -0.05) is 37.6 Å². The van der Waals surface area contributed by atoms with Crippen LogP contribution in [0, 0.1) is 0 Å². The van der Waals surface area contributed by atoms with E-state index in [2.05, 4.69) is 36.5 Å². The first-order valence-corrected chi connectivity index (χ1v) is 8.37. The molecule has 0 unspecified atom stereocenters. The van der Waals surface area contributed by atoms with E-state index in [9.17, 15) is 4.79 Å². The zero-order valence-corrected chi connectivity index (χ0v) is 13.5. The van der Waals surface area contributed by atoms with Gasteiger partial charge in [0.25, 0.3) is 5.91 Å². The van der Waals surface area contributed by atoms with Crippen molar-refractivity contribution in [2.24, 2.45) is 0 Å². The molecular formula is C20H23NO2. The van der Waals surface area contributed by atoms with Crippen LogP contribution in [0.25, 0.3) is 0 Å². The van der Waals surface area contributed by atoms with Gasteiger partial charge in [0.2, 0.25) is 0 Å². The Morgan fingerprint density at radius 3 is 2.70 bits per heavy atom. The SMILES string of the molecule is CCCCOc1ccc(C(=O)NC[C@@H]2Cc3ccccc32)cc1. The molecule has 2 aromatic rings. The number of benzene rings is 2. The quantitative estimate of drug-likeness (QED) is 0.787. The van der Waals surface area contributed by atoms with E-state index in [4.69, 9.17) is 4.74 Å². The third kappa shape index (κ3) is 3.73. The summed E-state index contributed by atoms with van der Waals surface area (Å²) in [6.45, 7) is 3.56. The third-order valence-electron chi connectivity index (χ3n) is 4.35. The minimum Gasteiger partial charge on any atom is -0.494 e. The van der Waals surface area contributed by atoms with Crippen molar-refractivity contribution in [2.75, 3.05) is 13.2 Å². The van der Waals surface area contributed by atoms with Crippen molar-refractivity contribution in [3.8, 4) is 5.75 Å². The van der Waals surface area contributed by atoms with E-state index in [0.29, 0.717) is 18.0 Å². The van der Waals surface area contributed by atoms with Crippen molar-refractivity contribution in [3.05, 3.63) is 65.2 Å². The zero-order chi connectivity index (χ0) is 16.1. The number of carbonyl (C=O) groups excluding carboxylic acids is 1. The fourth-order valence-electron chi connectivity index (χ4n) is 2.90. The van der Waals surface area contributed by atoms with E-state index in [-0.39, 0.29) is 5.91 Å². The molecule has 0 fully saturated rings. The number of carbonyl (C=O) groups is 1. The van der Waals surface area contributed by atoms with Gasteiger partial charge in [0.15, 0.2) is 0 Å². The molecule has 1 aliphatic rings. The summed E-state index contributed by atoms with van der Waals surface area (Å²) in [5.74, 6) is 1.25. The highest BCUT2D eigenvalue weighted by molar-refractivity contribution is 5.94. The zero-order valence-electron chi connectivity index (χ0n) is 13.5. The summed E-state index contributed by atoms with van der Waals surface area (Å²) in [7, 11) is 0. The van der Waals surface area contributed by atoms with Gasteiger partial charge < -0.3 is 10.1 Å². The molecule has 0 spiro atoms. The van der Waals surface area contributed by atoms with Crippen molar-refractivity contribution in [1.82, 2.24) is 5.32 Å². The molecule has 0 saturated heterocycles. The summed E-state index contributed by atoms with van der Waals surface area (Å²) in [6, 6.07) is 15.8. The van der Waals surface area contributed by atoms with Crippen molar-refractivity contribution >= 4 is 5.91 Å². The number of hydrogen-bond donors (Lipinski definition) is 1. The summed E-state index contributed by atoms with van der Waals surface area (Å²) in [4.78, 5) is 12.2. The summed E-state index contributed by atoms with van der Waals surface area (Å²) in [6.07, 6.45) is 3.22. The largest absolute Gasteiger partial charge is 0.494 e. The van der Waals surface area contributed by atoms with E-state index < -0.39 is 0 Å². The van der Waals surface area contributed by atoms with E-state index in [0.717, 1.165) is 31.6 Å². The highest BCUT2D eigenvalue weighted by Crippen LogP contribution is 2.34. The maximum absolute atomic E-state index is 12.2. The number of fused-ring (bicyclic) bond motifs is 1. The Morgan fingerprint density at radius 1 is 1.17 bits per heavy atom. The monoisotopic (exact) mass is 309 g/mol. The lowest BCUT2D eigenvalue weighted by Crippen LogP contribution is -2.33. The van der Waals surface area contributed by atoms with E-state index in [1.54, 1.807) is 0 Å². The molecule has 120 valence electrons. The van der Waals surface area contributed by atoms with Crippen molar-refractivity contribution < 1.29 is 9.53 Å². The first-order chi connectivity index (χ1) is 11.3. The molecule has 2 aromatic carbocycles. The molecule has 1 amide bonds. The van der Waals surface area contributed by atoms with Gasteiger partial charge in [-0.2, -0.15) is 0 Å². The number of ether oxygens (including phenoxy) is 1. The average Bonchev–Trinajstić information content (AvgIpc) is 2.56. The maximum atomic E-state index is 12.2. The standard InChI is InChI=1S/C20H23NO2/c1-2-3-12-23-18-10-8-15(9-11-18)20(22)21-14-17-13-16-6-4-5-7-19(16)17/h4-11,17H,2-3,12-14H2,1H3,(H,21,22)/t17-/m0/s1. The predicted octanol–water partition coefficient (Wildman–Crippen LogP) is 3.94. The van der Waals surface area contributed by atoms with Crippen molar-refractivity contribution in [1.29, 1.82) is 0 Å². The van der Waals surface area contributed by atoms with Gasteiger partial charge in [-0.3, -0.25) is 4.79 Å². The van der Waals surface area contributed by atoms with Crippen LogP contribution in [0.1, 0.15) is 47.2 Å². The maximum Gasteiger partial charge on any atom is 0.251 e. The van der Waals surface area contributed by atoms with Crippen LogP contribution >= 0.6 is 0 Å². The fraction of sp³-hybridized carbons (Fsp3) is 0.350. The van der Waals surface area contributed by atoms with E-state index in [1.165, 1.54) is 11.1 Å². The Balaban J connectivity index is 1.49. The van der Waals surface area contributed by atoms with E-state index in [1.807, 2.05) is 24.3 Å². The Morgan fingerprint density at radius 2 is 1.96 bits per heavy atom. The van der Waals surface area contributed by atoms with Crippen LogP contribution in [0.5, 0.6) is 5.75 Å². The van der Waals surface area contributed by atoms with E-state index >= 15 is 0 Å². The average molecular weight is 309 g/mol. The minimum atomic E-state index is -0.0190. The molecule has 3 rings (SSSR count). The molecule has 1 aliphatic carbocycles. The lowest BCUT2D eigenvalue weighted by atomic mass is 9.77. The van der Waals surface area contributed by atoms with Crippen LogP contribution < -0.4 is 10.1 Å². The van der Waals surface area contributed by atoms with Crippen LogP contribution in [-0.2, 0) is 6.42 Å². The molecule has 0 radical (unpaired) electrons. The summed E-state index contributed by atoms with van der Waals surface area (Å²) in [5.41, 5.74) is 3.45. The predicted molar refractivity (Wildman–Crippen MR) is 92.1 cm³/mol. The van der Waals surface area contributed by atoms with Crippen molar-refractivity contribution in [2.45, 2.75) is 32.1 Å². The van der Waals surface area contributed by atoms with Crippen LogP contribution in [0.4, 0.5) is 0 Å². The molecule has 3 nitrogen and oxygen atoms in total. The molecule has 0 bridgehead atoms. The van der Waals surface area contributed by atoms with Gasteiger partial charge >= 0.3 is 0 Å². The first kappa shape index (κ1) is 15.6. The van der Waals surface area contributed by atoms with Gasteiger partial charge in [0.1, 0.15) is 5.75 Å². The lowest BCUT2D eigenvalue weighted by Gasteiger charge is -2.30. The molecule has 1 atom stereocenters. The normalized spacial score (nSPS) is 15.4. The molecule has 23 heavy (non-hydrogen) atoms. The van der Waals surface area contributed by atoms with Gasteiger partial charge in [0, 0.05) is 18.0 Å². The summed E-state index contributed by atoms with van der Waals surface area (Å²) < 4.78 is 5.61. The van der Waals surface area contributed by atoms with Gasteiger partial charge in [-0.05, 0) is 48.2 Å². The minimum absolute atomic E-state index is 0.0190. The second-order valence-electron chi connectivity index (χ2n) is 6.04. The Bertz CT molecular complexity index is 664. The fourth-order valence-corrected chi connectivity index (χ4v) is 2.90. The van der Waals surface area contributed by atoms with Gasteiger partial charge in [-0.25, -0.2) is 0 Å². The summed E-state index contributed by atoms with van der Waals surface area (Å²) in [5, 5.41) is 3.03. The second-order valence-corrected chi connectivity index (χ2v) is 6.04. The van der Waals surface area contributed by atoms with Crippen LogP contribution in [0.3, 0.4) is 0 Å². The molecule has 0 saturated carbocycles. The number of rotatable bonds is 7. The third-order valence-corrected chi connectivity index (χ3v) is 4.35. The lowest BCUT2D eigenvalue weighted by molar-refractivity contribution is 0.0950. The van der Waals surface area contributed by atoms with Crippen LogP contribution in [-0.4, -0.2) is 19.1 Å². The summed E-state index contributed by atoms with van der Waals surface area (Å²) >= 11 is 0. The molecule has 0 heterocycles. The molecule has 3 heteroatoms. The number of amides is 1. The smallest absolute Gasteiger partial charge is 0.251 e. The molecule has 0 aromatic heterocycles. The highest BCUT2D eigenvalue weighted by Gasteiger charge is 2.25. The molecular weight excluding hydrogens is 286 g/mol. The number of nitrogens with one attached hydrogen (secondary N) is 1. The Kier molecular flexibility index (Phi) is 4.96. The van der Waals surface area contributed by atoms with Crippen LogP contribution in [0.2, 0.25) is 0 Å². The molecule has 0 aliphatic heterocycles. The highest BCUT2D eigenvalue weighted by atomic mass is 16.5. The van der Waals surface area contributed by atoms with Crippen molar-refractivity contribution in [3.63, 3.8) is 0 Å². The number of hydrogen-bond acceptors (Lipinski definition) is 2. The van der Waals surface area contributed by atoms with Crippen LogP contribution in [0.15, 0.2) is 48.5 Å².